The first-order valence-corrected chi connectivity index (χ1v) is 12.6. The van der Waals surface area contributed by atoms with Crippen molar-refractivity contribution in [3.8, 4) is 5.75 Å². The van der Waals surface area contributed by atoms with Gasteiger partial charge in [0.25, 0.3) is 0 Å². The molecule has 2 aliphatic heterocycles. The monoisotopic (exact) mass is 556 g/mol. The lowest BCUT2D eigenvalue weighted by Gasteiger charge is -2.39. The van der Waals surface area contributed by atoms with Gasteiger partial charge in [0.2, 0.25) is 5.91 Å². The van der Waals surface area contributed by atoms with E-state index in [0.29, 0.717) is 38.2 Å². The zero-order chi connectivity index (χ0) is 29.0. The van der Waals surface area contributed by atoms with Crippen LogP contribution in [-0.4, -0.2) is 77.8 Å². The SMILES string of the molecule is CC(=O)OC1COCC(O)C1.CC1(C)CCC(N=O)N(C(=O)OCc2ccc(O)c(NC(=O)CCNF)c2)C1. The van der Waals surface area contributed by atoms with Gasteiger partial charge in [-0.05, 0) is 41.1 Å². The molecule has 39 heavy (non-hydrogen) atoms. The molecule has 4 N–H and O–H groups in total. The standard InChI is InChI=1S/C18H25FN4O5.C7H12O4/c1-18(2)7-5-15(22-27)23(11-18)17(26)28-10-12-3-4-14(24)13(9-12)21-16(25)6-8-20-19;1-5(8)11-7-2-6(9)3-10-4-7/h3-4,9,15,20,24H,5-8,10-11H2,1-2H3,(H,21,25);6-7,9H,2-4H2,1H3. The highest BCUT2D eigenvalue weighted by atomic mass is 19.2. The Labute approximate surface area is 225 Å². The minimum absolute atomic E-state index is 0.111. The van der Waals surface area contributed by atoms with Gasteiger partial charge in [0, 0.05) is 32.9 Å². The van der Waals surface area contributed by atoms with E-state index >= 15 is 0 Å². The fourth-order valence-electron chi connectivity index (χ4n) is 4.08. The molecule has 0 spiro atoms. The second-order valence-corrected chi connectivity index (χ2v) is 10.2. The molecule has 3 atom stereocenters. The van der Waals surface area contributed by atoms with Gasteiger partial charge in [0.05, 0.1) is 25.0 Å². The van der Waals surface area contributed by atoms with Gasteiger partial charge < -0.3 is 29.7 Å². The van der Waals surface area contributed by atoms with Crippen molar-refractivity contribution in [2.24, 2.45) is 10.6 Å². The number of hydrogen-bond donors (Lipinski definition) is 4. The molecule has 2 aliphatic rings. The Bertz CT molecular complexity index is 994. The summed E-state index contributed by atoms with van der Waals surface area (Å²) in [5.74, 6) is -0.975. The first-order valence-electron chi connectivity index (χ1n) is 12.6. The Morgan fingerprint density at radius 2 is 2.03 bits per heavy atom. The van der Waals surface area contributed by atoms with E-state index < -0.39 is 24.3 Å². The van der Waals surface area contributed by atoms with E-state index in [1.165, 1.54) is 35.6 Å². The van der Waals surface area contributed by atoms with Crippen LogP contribution < -0.4 is 10.9 Å². The van der Waals surface area contributed by atoms with Gasteiger partial charge in [0.15, 0.2) is 6.17 Å². The third-order valence-corrected chi connectivity index (χ3v) is 6.02. The first kappa shape index (κ1) is 31.9. The van der Waals surface area contributed by atoms with Crippen LogP contribution >= 0.6 is 0 Å². The molecule has 13 nitrogen and oxygen atoms in total. The molecule has 2 fully saturated rings. The zero-order valence-corrected chi connectivity index (χ0v) is 22.4. The van der Waals surface area contributed by atoms with Crippen molar-refractivity contribution in [1.29, 1.82) is 0 Å². The van der Waals surface area contributed by atoms with Gasteiger partial charge in [0.1, 0.15) is 18.5 Å². The first-order chi connectivity index (χ1) is 18.4. The van der Waals surface area contributed by atoms with E-state index in [9.17, 15) is 28.9 Å². The molecule has 0 aliphatic carbocycles. The number of nitrogens with one attached hydrogen (secondary N) is 2. The largest absolute Gasteiger partial charge is 0.506 e. The van der Waals surface area contributed by atoms with Crippen molar-refractivity contribution >= 4 is 23.7 Å². The molecule has 1 aromatic rings. The van der Waals surface area contributed by atoms with Gasteiger partial charge in [-0.25, -0.2) is 4.79 Å². The van der Waals surface area contributed by atoms with Crippen molar-refractivity contribution in [1.82, 2.24) is 10.4 Å². The van der Waals surface area contributed by atoms with E-state index in [-0.39, 0.29) is 48.5 Å². The number of aromatic hydroxyl groups is 1. The van der Waals surface area contributed by atoms with Crippen LogP contribution in [0.2, 0.25) is 0 Å². The number of nitroso groups, excluding NO2 is 1. The second kappa shape index (κ2) is 15.3. The number of carbonyl (C=O) groups excluding carboxylic acids is 3. The molecular formula is C25H37FN4O9. The van der Waals surface area contributed by atoms with Gasteiger partial charge in [-0.1, -0.05) is 19.9 Å². The van der Waals surface area contributed by atoms with Gasteiger partial charge in [-0.3, -0.25) is 14.5 Å². The zero-order valence-electron chi connectivity index (χ0n) is 22.4. The van der Waals surface area contributed by atoms with Crippen molar-refractivity contribution in [2.45, 2.75) is 71.4 Å². The third kappa shape index (κ3) is 11.1. The number of amides is 2. The number of esters is 1. The van der Waals surface area contributed by atoms with E-state index in [1.54, 1.807) is 0 Å². The summed E-state index contributed by atoms with van der Waals surface area (Å²) in [6.07, 6.45) is -0.519. The number of aliphatic hydroxyl groups excluding tert-OH is 1. The smallest absolute Gasteiger partial charge is 0.411 e. The number of ether oxygens (including phenoxy) is 3. The molecule has 0 aromatic heterocycles. The number of hydrogen-bond acceptors (Lipinski definition) is 11. The molecule has 2 amide bonds. The van der Waals surface area contributed by atoms with Crippen molar-refractivity contribution in [3.05, 3.63) is 28.7 Å². The van der Waals surface area contributed by atoms with Crippen LogP contribution in [0, 0.1) is 10.3 Å². The molecular weight excluding hydrogens is 519 g/mol. The molecule has 0 bridgehead atoms. The number of phenolic OH excluding ortho intramolecular Hbond substituents is 1. The fraction of sp³-hybridized carbons (Fsp3) is 0.640. The number of anilines is 1. The number of halogens is 1. The molecule has 0 radical (unpaired) electrons. The van der Waals surface area contributed by atoms with Crippen LogP contribution in [0.15, 0.2) is 23.4 Å². The summed E-state index contributed by atoms with van der Waals surface area (Å²) in [5, 5.41) is 24.4. The average molecular weight is 557 g/mol. The lowest BCUT2D eigenvalue weighted by molar-refractivity contribution is -0.157. The van der Waals surface area contributed by atoms with E-state index in [4.69, 9.17) is 19.3 Å². The quantitative estimate of drug-likeness (QED) is 0.161. The maximum Gasteiger partial charge on any atom is 0.411 e. The highest BCUT2D eigenvalue weighted by Crippen LogP contribution is 2.33. The predicted octanol–water partition coefficient (Wildman–Crippen LogP) is 2.75. The summed E-state index contributed by atoms with van der Waals surface area (Å²) in [5.41, 5.74) is 1.89. The molecule has 2 saturated heterocycles. The summed E-state index contributed by atoms with van der Waals surface area (Å²) in [7, 11) is 0. The van der Waals surface area contributed by atoms with Crippen molar-refractivity contribution in [2.75, 3.05) is 31.6 Å². The number of carbonyl (C=O) groups is 3. The molecule has 14 heteroatoms. The van der Waals surface area contributed by atoms with E-state index in [1.807, 2.05) is 13.8 Å². The number of nitrogens with zero attached hydrogens (tertiary/aromatic N) is 2. The normalized spacial score (nSPS) is 22.1. The lowest BCUT2D eigenvalue weighted by Crippen LogP contribution is -2.49. The Balaban J connectivity index is 0.000000404. The highest BCUT2D eigenvalue weighted by Gasteiger charge is 2.37. The molecule has 1 aromatic carbocycles. The van der Waals surface area contributed by atoms with Crippen LogP contribution in [0.5, 0.6) is 5.75 Å². The fourth-order valence-corrected chi connectivity index (χ4v) is 4.08. The van der Waals surface area contributed by atoms with Crippen LogP contribution in [0.3, 0.4) is 0 Å². The minimum atomic E-state index is -0.751. The van der Waals surface area contributed by atoms with E-state index in [2.05, 4.69) is 10.5 Å². The molecule has 0 saturated carbocycles. The number of likely N-dealkylation sites (tertiary alicyclic amines) is 1. The van der Waals surface area contributed by atoms with Crippen molar-refractivity contribution in [3.63, 3.8) is 0 Å². The molecule has 2 heterocycles. The Morgan fingerprint density at radius 1 is 1.28 bits per heavy atom. The van der Waals surface area contributed by atoms with Crippen LogP contribution in [0.1, 0.15) is 52.0 Å². The average Bonchev–Trinajstić information content (AvgIpc) is 2.87. The topological polar surface area (TPSA) is 176 Å². The number of benzene rings is 1. The van der Waals surface area contributed by atoms with Gasteiger partial charge >= 0.3 is 12.1 Å². The Hall–Kier alpha value is -3.36. The third-order valence-electron chi connectivity index (χ3n) is 6.02. The van der Waals surface area contributed by atoms with Gasteiger partial charge in [-0.2, -0.15) is 5.54 Å². The molecule has 3 unspecified atom stereocenters. The molecule has 3 rings (SSSR count). The number of aliphatic hydroxyl groups is 1. The summed E-state index contributed by atoms with van der Waals surface area (Å²) in [6, 6.07) is 4.35. The van der Waals surface area contributed by atoms with E-state index in [0.717, 1.165) is 6.42 Å². The van der Waals surface area contributed by atoms with Crippen LogP contribution in [-0.2, 0) is 30.4 Å². The second-order valence-electron chi connectivity index (χ2n) is 10.2. The lowest BCUT2D eigenvalue weighted by atomic mass is 9.83. The summed E-state index contributed by atoms with van der Waals surface area (Å²) in [4.78, 5) is 46.9. The summed E-state index contributed by atoms with van der Waals surface area (Å²) >= 11 is 0. The number of rotatable bonds is 8. The summed E-state index contributed by atoms with van der Waals surface area (Å²) < 4.78 is 27.0. The Kier molecular flexibility index (Phi) is 12.5. The minimum Gasteiger partial charge on any atom is -0.506 e. The number of piperidine rings is 1. The predicted molar refractivity (Wildman–Crippen MR) is 137 cm³/mol. The van der Waals surface area contributed by atoms with Crippen LogP contribution in [0.25, 0.3) is 0 Å². The van der Waals surface area contributed by atoms with Gasteiger partial charge in [-0.15, -0.1) is 9.39 Å². The maximum absolute atomic E-state index is 12.4. The molecule has 218 valence electrons. The van der Waals surface area contributed by atoms with Crippen LogP contribution in [0.4, 0.5) is 15.0 Å². The van der Waals surface area contributed by atoms with Crippen molar-refractivity contribution < 1.29 is 43.3 Å². The number of phenols is 1. The summed E-state index contributed by atoms with van der Waals surface area (Å²) in [6.45, 7) is 6.19. The maximum atomic E-state index is 12.4. The Morgan fingerprint density at radius 3 is 2.67 bits per heavy atom. The highest BCUT2D eigenvalue weighted by molar-refractivity contribution is 5.92.